The second-order valence-corrected chi connectivity index (χ2v) is 4.48. The van der Waals surface area contributed by atoms with Crippen LogP contribution in [0.25, 0.3) is 22.6 Å². The van der Waals surface area contributed by atoms with Crippen molar-refractivity contribution in [2.75, 3.05) is 0 Å². The normalized spacial score (nSPS) is 10.7. The van der Waals surface area contributed by atoms with Crippen LogP contribution in [-0.4, -0.2) is 19.5 Å². The number of fused-ring (bicyclic) bond motifs is 2. The molecule has 0 bridgehead atoms. The number of nitrogens with one attached hydrogen (secondary N) is 1. The third-order valence-corrected chi connectivity index (χ3v) is 3.20. The van der Waals surface area contributed by atoms with Crippen LogP contribution in [-0.2, 0) is 28.1 Å². The minimum Gasteiger partial charge on any atom is -0.327 e. The van der Waals surface area contributed by atoms with E-state index in [0.29, 0.717) is 5.52 Å². The standard InChI is InChI=1S/C13H11N4O2.W/c1-6-4-8-9(5-7(6)2)17(3)11-10(14-8)12(18)16-13(19)15-11;/h4-5H,1H2,2-3H3,(H,16,18,19);/q-1;. The first-order chi connectivity index (χ1) is 8.97. The Morgan fingerprint density at radius 2 is 1.95 bits per heavy atom. The molecule has 2 aliphatic rings. The third kappa shape index (κ3) is 2.06. The SMILES string of the molecule is [CH2-]c1cc2nc3c(=O)[nH]c(=O)nc-3n(C)c2cc1C.[W]. The molecule has 0 atom stereocenters. The van der Waals surface area contributed by atoms with Gasteiger partial charge in [0.1, 0.15) is 0 Å². The summed E-state index contributed by atoms with van der Waals surface area (Å²) in [6.07, 6.45) is 0. The van der Waals surface area contributed by atoms with Gasteiger partial charge in [-0.05, 0) is 0 Å². The molecule has 7 heteroatoms. The molecule has 0 radical (unpaired) electrons. The van der Waals surface area contributed by atoms with Gasteiger partial charge in [0, 0.05) is 39.1 Å². The maximum atomic E-state index is 11.8. The van der Waals surface area contributed by atoms with Crippen LogP contribution >= 0.6 is 0 Å². The summed E-state index contributed by atoms with van der Waals surface area (Å²) < 4.78 is 1.70. The molecule has 2 heterocycles. The largest absolute Gasteiger partial charge is 0.349 e. The minimum absolute atomic E-state index is 0. The molecule has 0 saturated heterocycles. The second kappa shape index (κ2) is 4.87. The number of hydrogen-bond acceptors (Lipinski definition) is 4. The van der Waals surface area contributed by atoms with Crippen molar-refractivity contribution in [3.05, 3.63) is 51.0 Å². The summed E-state index contributed by atoms with van der Waals surface area (Å²) in [6, 6.07) is 3.73. The van der Waals surface area contributed by atoms with E-state index in [2.05, 4.69) is 21.9 Å². The Hall–Kier alpha value is -1.94. The Labute approximate surface area is 128 Å². The predicted molar refractivity (Wildman–Crippen MR) is 71.2 cm³/mol. The van der Waals surface area contributed by atoms with Gasteiger partial charge in [-0.25, -0.2) is 4.79 Å². The van der Waals surface area contributed by atoms with Crippen LogP contribution in [0.15, 0.2) is 21.7 Å². The van der Waals surface area contributed by atoms with Crippen LogP contribution in [0.5, 0.6) is 0 Å². The third-order valence-electron chi connectivity index (χ3n) is 3.20. The van der Waals surface area contributed by atoms with Crippen molar-refractivity contribution in [3.8, 4) is 11.5 Å². The molecule has 1 aromatic rings. The van der Waals surface area contributed by atoms with Gasteiger partial charge in [0.25, 0.3) is 5.56 Å². The molecule has 0 aromatic heterocycles. The number of aromatic nitrogens is 4. The average molecular weight is 439 g/mol. The van der Waals surface area contributed by atoms with E-state index in [-0.39, 0.29) is 32.6 Å². The van der Waals surface area contributed by atoms with Crippen molar-refractivity contribution >= 4 is 11.0 Å². The van der Waals surface area contributed by atoms with Crippen LogP contribution in [0.3, 0.4) is 0 Å². The van der Waals surface area contributed by atoms with E-state index >= 15 is 0 Å². The smallest absolute Gasteiger partial charge is 0.327 e. The maximum Gasteiger partial charge on any atom is 0.349 e. The number of hydrogen-bond donors (Lipinski definition) is 1. The number of aromatic amines is 1. The molecule has 3 rings (SSSR count). The zero-order valence-corrected chi connectivity index (χ0v) is 13.9. The molecule has 20 heavy (non-hydrogen) atoms. The van der Waals surface area contributed by atoms with E-state index in [0.717, 1.165) is 16.6 Å². The first kappa shape index (κ1) is 14.5. The molecule has 0 saturated carbocycles. The first-order valence-corrected chi connectivity index (χ1v) is 5.71. The van der Waals surface area contributed by atoms with Crippen LogP contribution in [0, 0.1) is 13.8 Å². The maximum absolute atomic E-state index is 11.8. The molecule has 0 amide bonds. The Kier molecular flexibility index (Phi) is 3.52. The molecule has 0 aliphatic carbocycles. The van der Waals surface area contributed by atoms with E-state index in [1.165, 1.54) is 0 Å². The van der Waals surface area contributed by atoms with Gasteiger partial charge < -0.3 is 4.57 Å². The van der Waals surface area contributed by atoms with Gasteiger partial charge in [-0.3, -0.25) is 14.8 Å². The van der Waals surface area contributed by atoms with Crippen molar-refractivity contribution in [2.24, 2.45) is 7.05 Å². The van der Waals surface area contributed by atoms with Crippen molar-refractivity contribution in [1.29, 1.82) is 0 Å². The van der Waals surface area contributed by atoms with E-state index in [9.17, 15) is 9.59 Å². The van der Waals surface area contributed by atoms with Gasteiger partial charge in [-0.2, -0.15) is 17.5 Å². The molecule has 102 valence electrons. The summed E-state index contributed by atoms with van der Waals surface area (Å²) in [6.45, 7) is 5.86. The molecule has 6 nitrogen and oxygen atoms in total. The number of H-pyrrole nitrogens is 1. The summed E-state index contributed by atoms with van der Waals surface area (Å²) in [5.74, 6) is 0.275. The Morgan fingerprint density at radius 3 is 2.65 bits per heavy atom. The van der Waals surface area contributed by atoms with E-state index in [4.69, 9.17) is 0 Å². The molecular formula is C13H11N4O2W-. The van der Waals surface area contributed by atoms with Gasteiger partial charge in [0.2, 0.25) is 0 Å². The summed E-state index contributed by atoms with van der Waals surface area (Å²) >= 11 is 0. The monoisotopic (exact) mass is 439 g/mol. The van der Waals surface area contributed by atoms with Gasteiger partial charge in [-0.1, -0.05) is 13.0 Å². The molecule has 0 fully saturated rings. The summed E-state index contributed by atoms with van der Waals surface area (Å²) in [5, 5.41) is 0. The Balaban J connectivity index is 0.00000147. The average Bonchev–Trinajstić information content (AvgIpc) is 2.34. The van der Waals surface area contributed by atoms with E-state index in [1.807, 2.05) is 19.1 Å². The number of benzene rings is 1. The molecule has 1 aromatic carbocycles. The Morgan fingerprint density at radius 1 is 1.25 bits per heavy atom. The topological polar surface area (TPSA) is 80.6 Å². The molecule has 1 N–H and O–H groups in total. The molecule has 0 spiro atoms. The van der Waals surface area contributed by atoms with E-state index < -0.39 is 11.2 Å². The zero-order valence-electron chi connectivity index (χ0n) is 10.9. The number of rotatable bonds is 0. The summed E-state index contributed by atoms with van der Waals surface area (Å²) in [7, 11) is 1.75. The Bertz CT molecular complexity index is 897. The van der Waals surface area contributed by atoms with E-state index in [1.54, 1.807) is 11.6 Å². The second-order valence-electron chi connectivity index (χ2n) is 4.48. The van der Waals surface area contributed by atoms with Crippen molar-refractivity contribution < 1.29 is 21.1 Å². The number of nitrogens with zero attached hydrogens (tertiary/aromatic N) is 3. The minimum atomic E-state index is -0.667. The van der Waals surface area contributed by atoms with Crippen molar-refractivity contribution in [2.45, 2.75) is 6.92 Å². The predicted octanol–water partition coefficient (Wildman–Crippen LogP) is 0.610. The summed E-state index contributed by atoms with van der Waals surface area (Å²) in [5.41, 5.74) is 2.27. The van der Waals surface area contributed by atoms with Crippen molar-refractivity contribution in [1.82, 2.24) is 19.5 Å². The van der Waals surface area contributed by atoms with Crippen LogP contribution in [0.1, 0.15) is 11.1 Å². The number of aryl methyl sites for hydroxylation is 2. The molecule has 2 aliphatic heterocycles. The van der Waals surface area contributed by atoms with Gasteiger partial charge in [-0.15, -0.1) is 11.6 Å². The van der Waals surface area contributed by atoms with Gasteiger partial charge in [0.15, 0.2) is 11.5 Å². The fraction of sp³-hybridized carbons (Fsp3) is 0.154. The fourth-order valence-corrected chi connectivity index (χ4v) is 2.09. The van der Waals surface area contributed by atoms with Gasteiger partial charge >= 0.3 is 5.69 Å². The fourth-order valence-electron chi connectivity index (χ4n) is 2.09. The van der Waals surface area contributed by atoms with Gasteiger partial charge in [0.05, 0.1) is 0 Å². The molecule has 0 unspecified atom stereocenters. The van der Waals surface area contributed by atoms with Crippen LogP contribution in [0.4, 0.5) is 0 Å². The first-order valence-electron chi connectivity index (χ1n) is 5.71. The van der Waals surface area contributed by atoms with Crippen molar-refractivity contribution in [3.63, 3.8) is 0 Å². The van der Waals surface area contributed by atoms with Crippen LogP contribution < -0.4 is 11.2 Å². The molecular weight excluding hydrogens is 428 g/mol. The van der Waals surface area contributed by atoms with Crippen LogP contribution in [0.2, 0.25) is 0 Å². The quantitative estimate of drug-likeness (QED) is 0.412. The zero-order chi connectivity index (χ0) is 13.7. The summed E-state index contributed by atoms with van der Waals surface area (Å²) in [4.78, 5) is 33.3.